The van der Waals surface area contributed by atoms with E-state index in [1.54, 1.807) is 0 Å². The van der Waals surface area contributed by atoms with Gasteiger partial charge in [-0.3, -0.25) is 9.59 Å². The number of carbonyl (C=O) groups excluding carboxylic acids is 2. The fourth-order valence-electron chi connectivity index (χ4n) is 8.79. The first-order valence-corrected chi connectivity index (χ1v) is 33.3. The molecule has 0 aromatic carbocycles. The lowest BCUT2D eigenvalue weighted by Gasteiger charge is -2.15. The zero-order chi connectivity index (χ0) is 59.1. The van der Waals surface area contributed by atoms with Crippen molar-refractivity contribution < 1.29 is 24.2 Å². The number of esters is 2. The highest BCUT2D eigenvalue weighted by molar-refractivity contribution is 5.70. The molecule has 0 rings (SSSR count). The summed E-state index contributed by atoms with van der Waals surface area (Å²) in [4.78, 5) is 24.6. The van der Waals surface area contributed by atoms with Crippen molar-refractivity contribution in [1.82, 2.24) is 0 Å². The van der Waals surface area contributed by atoms with Crippen LogP contribution < -0.4 is 0 Å². The summed E-state index contributed by atoms with van der Waals surface area (Å²) in [5.74, 6) is -0.607. The molecule has 5 nitrogen and oxygen atoms in total. The fourth-order valence-corrected chi connectivity index (χ4v) is 8.79. The van der Waals surface area contributed by atoms with E-state index in [0.29, 0.717) is 12.8 Å². The molecule has 0 aliphatic carbocycles. The molecule has 0 radical (unpaired) electrons. The van der Waals surface area contributed by atoms with E-state index in [-0.39, 0.29) is 25.2 Å². The molecule has 0 amide bonds. The van der Waals surface area contributed by atoms with Crippen LogP contribution in [0.15, 0.2) is 182 Å². The van der Waals surface area contributed by atoms with Crippen molar-refractivity contribution in [2.45, 2.75) is 277 Å². The lowest BCUT2D eigenvalue weighted by atomic mass is 10.0. The Hall–Kier alpha value is -5.00. The van der Waals surface area contributed by atoms with E-state index in [2.05, 4.69) is 196 Å². The average molecular weight is 1130 g/mol. The van der Waals surface area contributed by atoms with Crippen molar-refractivity contribution in [3.63, 3.8) is 0 Å². The highest BCUT2D eigenvalue weighted by Gasteiger charge is 2.16. The van der Waals surface area contributed by atoms with Crippen molar-refractivity contribution in [1.29, 1.82) is 0 Å². The van der Waals surface area contributed by atoms with E-state index < -0.39 is 6.10 Å². The highest BCUT2D eigenvalue weighted by Crippen LogP contribution is 2.15. The minimum absolute atomic E-state index is 0.0799. The smallest absolute Gasteiger partial charge is 0.306 e. The molecule has 82 heavy (non-hydrogen) atoms. The van der Waals surface area contributed by atoms with E-state index in [0.717, 1.165) is 141 Å². The summed E-state index contributed by atoms with van der Waals surface area (Å²) in [6.45, 7) is 3.91. The van der Waals surface area contributed by atoms with Crippen molar-refractivity contribution >= 4 is 11.9 Å². The van der Waals surface area contributed by atoms with E-state index in [4.69, 9.17) is 9.47 Å². The van der Waals surface area contributed by atoms with Crippen molar-refractivity contribution in [3.8, 4) is 0 Å². The summed E-state index contributed by atoms with van der Waals surface area (Å²) in [7, 11) is 0. The number of hydrogen-bond acceptors (Lipinski definition) is 5. The first-order chi connectivity index (χ1) is 40.6. The molecule has 0 fully saturated rings. The Morgan fingerprint density at radius 3 is 0.732 bits per heavy atom. The number of unbranched alkanes of at least 4 members (excludes halogenated alkanes) is 21. The number of ether oxygens (including phenoxy) is 2. The number of allylic oxidation sites excluding steroid dienone is 30. The van der Waals surface area contributed by atoms with Crippen molar-refractivity contribution in [3.05, 3.63) is 182 Å². The molecule has 460 valence electrons. The summed E-state index contributed by atoms with van der Waals surface area (Å²) >= 11 is 0. The zero-order valence-corrected chi connectivity index (χ0v) is 52.7. The lowest BCUT2D eigenvalue weighted by Crippen LogP contribution is -2.28. The summed E-state index contributed by atoms with van der Waals surface area (Å²) in [6, 6.07) is 0. The molecule has 0 spiro atoms. The Labute approximate surface area is 505 Å². The quantitative estimate of drug-likeness (QED) is 0.0373. The Bertz CT molecular complexity index is 1850. The topological polar surface area (TPSA) is 72.8 Å². The maximum absolute atomic E-state index is 12.4. The molecule has 0 aromatic rings. The predicted molar refractivity (Wildman–Crippen MR) is 361 cm³/mol. The third kappa shape index (κ3) is 67.5. The van der Waals surface area contributed by atoms with Crippen LogP contribution in [0, 0.1) is 0 Å². The number of aliphatic hydroxyl groups excluding tert-OH is 1. The SMILES string of the molecule is CC/C=C\C/C=C\C/C=C\C/C=C\C/C=C\C/C=C\C/C=C\C/C=C\CCCCCCCCCCCCCCC(=O)OC(CO)COC(=O)CCCCCCCCCCC/C=C\C/C=C\C/C=C\C/C=C\C/C=C\C/C=C\C/C=C\CC. The maximum Gasteiger partial charge on any atom is 0.306 e. The normalized spacial score (nSPS) is 13.5. The summed E-state index contributed by atoms with van der Waals surface area (Å²) in [5.41, 5.74) is 0. The molecule has 1 N–H and O–H groups in total. The third-order valence-corrected chi connectivity index (χ3v) is 13.7. The summed E-state index contributed by atoms with van der Waals surface area (Å²) in [6.07, 6.45) is 110. The van der Waals surface area contributed by atoms with Gasteiger partial charge >= 0.3 is 11.9 Å². The first-order valence-electron chi connectivity index (χ1n) is 33.3. The minimum Gasteiger partial charge on any atom is -0.462 e. The van der Waals surface area contributed by atoms with Gasteiger partial charge in [-0.2, -0.15) is 0 Å². The standard InChI is InChI=1S/C77H122O5/c1-3-5-7-9-11-13-15-17-19-21-23-25-27-29-31-33-35-36-37-38-39-40-42-44-46-48-50-52-54-56-58-60-62-64-66-68-70-72-77(80)82-75(73-78)74-81-76(79)71-69-67-65-63-61-59-57-55-53-51-49-47-45-43-41-34-32-30-28-26-24-22-20-18-16-14-12-10-8-6-4-2/h5-8,11-14,17-20,23-26,29-32,35-36,38-39,41-44,47,49,75,78H,3-4,9-10,15-16,21-22,27-28,33-34,37,40,45-46,48,50-74H2,1-2H3/b7-5-,8-6-,13-11-,14-12-,19-17-,20-18-,25-23-,26-24-,31-29-,32-30-,36-35-,39-38-,43-41-,44-42-,49-47-. The van der Waals surface area contributed by atoms with Gasteiger partial charge in [0.1, 0.15) is 6.61 Å². The summed E-state index contributed by atoms with van der Waals surface area (Å²) < 4.78 is 10.7. The van der Waals surface area contributed by atoms with Crippen LogP contribution >= 0.6 is 0 Å². The molecule has 0 saturated carbocycles. The molecular weight excluding hydrogens is 1000 g/mol. The van der Waals surface area contributed by atoms with Gasteiger partial charge < -0.3 is 14.6 Å². The second-order valence-electron chi connectivity index (χ2n) is 21.4. The zero-order valence-electron chi connectivity index (χ0n) is 52.7. The molecule has 0 aromatic heterocycles. The van der Waals surface area contributed by atoms with Crippen LogP contribution in [0.4, 0.5) is 0 Å². The molecule has 0 heterocycles. The minimum atomic E-state index is -0.790. The third-order valence-electron chi connectivity index (χ3n) is 13.7. The fraction of sp³-hybridized carbons (Fsp3) is 0.584. The van der Waals surface area contributed by atoms with Gasteiger partial charge in [0.25, 0.3) is 0 Å². The van der Waals surface area contributed by atoms with E-state index in [9.17, 15) is 14.7 Å². The van der Waals surface area contributed by atoms with Crippen molar-refractivity contribution in [2.24, 2.45) is 0 Å². The van der Waals surface area contributed by atoms with Gasteiger partial charge in [0.2, 0.25) is 0 Å². The molecule has 1 atom stereocenters. The van der Waals surface area contributed by atoms with Gasteiger partial charge in [-0.05, 0) is 135 Å². The molecule has 5 heteroatoms. The average Bonchev–Trinajstić information content (AvgIpc) is 3.49. The Balaban J connectivity index is 3.57. The van der Waals surface area contributed by atoms with Crippen LogP contribution in [0.5, 0.6) is 0 Å². The second-order valence-corrected chi connectivity index (χ2v) is 21.4. The number of rotatable bonds is 59. The largest absolute Gasteiger partial charge is 0.462 e. The van der Waals surface area contributed by atoms with Crippen LogP contribution in [-0.4, -0.2) is 36.4 Å². The molecule has 0 aliphatic heterocycles. The Kier molecular flexibility index (Phi) is 66.0. The van der Waals surface area contributed by atoms with Gasteiger partial charge in [0.05, 0.1) is 6.61 Å². The predicted octanol–water partition coefficient (Wildman–Crippen LogP) is 23.4. The van der Waals surface area contributed by atoms with Gasteiger partial charge in [0, 0.05) is 12.8 Å². The Morgan fingerprint density at radius 1 is 0.280 bits per heavy atom. The van der Waals surface area contributed by atoms with E-state index in [1.165, 1.54) is 103 Å². The molecule has 0 bridgehead atoms. The van der Waals surface area contributed by atoms with E-state index >= 15 is 0 Å². The molecule has 0 saturated heterocycles. The second kappa shape index (κ2) is 70.3. The number of carbonyl (C=O) groups is 2. The van der Waals surface area contributed by atoms with Gasteiger partial charge in [-0.25, -0.2) is 0 Å². The van der Waals surface area contributed by atoms with Gasteiger partial charge in [-0.1, -0.05) is 305 Å². The molecular formula is C77H122O5. The number of aliphatic hydroxyl groups is 1. The van der Waals surface area contributed by atoms with Gasteiger partial charge in [-0.15, -0.1) is 0 Å². The Morgan fingerprint density at radius 2 is 0.488 bits per heavy atom. The van der Waals surface area contributed by atoms with Crippen LogP contribution in [0.25, 0.3) is 0 Å². The van der Waals surface area contributed by atoms with E-state index in [1.807, 2.05) is 0 Å². The van der Waals surface area contributed by atoms with Crippen LogP contribution in [0.1, 0.15) is 271 Å². The van der Waals surface area contributed by atoms with Crippen LogP contribution in [-0.2, 0) is 19.1 Å². The lowest BCUT2D eigenvalue weighted by molar-refractivity contribution is -0.161. The molecule has 1 unspecified atom stereocenters. The van der Waals surface area contributed by atoms with Crippen LogP contribution in [0.3, 0.4) is 0 Å². The maximum atomic E-state index is 12.4. The number of hydrogen-bond donors (Lipinski definition) is 1. The first kappa shape index (κ1) is 77.0. The van der Waals surface area contributed by atoms with Crippen molar-refractivity contribution in [2.75, 3.05) is 13.2 Å². The monoisotopic (exact) mass is 1130 g/mol. The van der Waals surface area contributed by atoms with Gasteiger partial charge in [0.15, 0.2) is 6.10 Å². The highest BCUT2D eigenvalue weighted by atomic mass is 16.6. The molecule has 0 aliphatic rings. The summed E-state index contributed by atoms with van der Waals surface area (Å²) in [5, 5.41) is 9.70. The van der Waals surface area contributed by atoms with Crippen LogP contribution in [0.2, 0.25) is 0 Å².